The van der Waals surface area contributed by atoms with Gasteiger partial charge in [0.15, 0.2) is 11.7 Å². The molecule has 3 fully saturated rings. The van der Waals surface area contributed by atoms with Crippen molar-refractivity contribution < 1.29 is 19.4 Å². The molecule has 0 aromatic carbocycles. The first-order valence-electron chi connectivity index (χ1n) is 10.7. The van der Waals surface area contributed by atoms with Gasteiger partial charge in [0.25, 0.3) is 0 Å². The van der Waals surface area contributed by atoms with Crippen molar-refractivity contribution in [1.82, 2.24) is 14.9 Å². The molecule has 1 aromatic heterocycles. The van der Waals surface area contributed by atoms with Gasteiger partial charge in [-0.3, -0.25) is 9.79 Å². The molecular weight excluding hydrogens is 384 g/mol. The van der Waals surface area contributed by atoms with Crippen molar-refractivity contribution in [1.29, 1.82) is 0 Å². The SMILES string of the molecule is CCOC(=O)C1=C(C23C(C)C4C2C(C3C)C4(C)C(=O)O)NC(c2nccn2C)=NC1. The molecule has 8 nitrogen and oxygen atoms in total. The summed E-state index contributed by atoms with van der Waals surface area (Å²) in [5.74, 6) is 1.14. The minimum Gasteiger partial charge on any atom is -0.481 e. The van der Waals surface area contributed by atoms with Gasteiger partial charge in [0.05, 0.1) is 24.1 Å². The van der Waals surface area contributed by atoms with Crippen molar-refractivity contribution in [3.63, 3.8) is 0 Å². The lowest BCUT2D eigenvalue weighted by Crippen LogP contribution is -2.89. The average Bonchev–Trinajstić information content (AvgIpc) is 3.12. The van der Waals surface area contributed by atoms with Crippen LogP contribution in [0.1, 0.15) is 33.5 Å². The summed E-state index contributed by atoms with van der Waals surface area (Å²) in [5.41, 5.74) is 0.521. The van der Waals surface area contributed by atoms with Gasteiger partial charge in [-0.1, -0.05) is 13.8 Å². The molecule has 3 saturated carbocycles. The highest BCUT2D eigenvalue weighted by Gasteiger charge is 2.90. The standard InChI is InChI=1S/C22H28N4O4/c1-6-30-19(27)12-9-24-17(18-23-7-8-26(18)5)25-16(12)22-10(2)13-15(22)14(11(22)3)21(13,4)20(28)29/h7-8,10-11,13-15H,6,9H2,1-5H3,(H,24,25)(H,28,29). The normalized spacial score (nSPS) is 40.8. The Bertz CT molecular complexity index is 991. The lowest BCUT2D eigenvalue weighted by atomic mass is 9.14. The van der Waals surface area contributed by atoms with Gasteiger partial charge >= 0.3 is 11.9 Å². The fraction of sp³-hybridized carbons (Fsp3) is 0.636. The number of aryl methyl sites for hydroxylation is 1. The minimum atomic E-state index is -0.702. The number of imidazole rings is 1. The molecule has 3 aliphatic carbocycles. The highest BCUT2D eigenvalue weighted by Crippen LogP contribution is 2.89. The van der Waals surface area contributed by atoms with Crippen LogP contribution in [0.15, 0.2) is 28.7 Å². The van der Waals surface area contributed by atoms with Crippen molar-refractivity contribution >= 4 is 17.8 Å². The Morgan fingerprint density at radius 3 is 2.47 bits per heavy atom. The van der Waals surface area contributed by atoms with Crippen molar-refractivity contribution in [3.8, 4) is 0 Å². The number of aliphatic imine (C=N–C) groups is 1. The van der Waals surface area contributed by atoms with E-state index < -0.39 is 11.4 Å². The second-order valence-corrected chi connectivity index (χ2v) is 9.40. The van der Waals surface area contributed by atoms with E-state index in [2.05, 4.69) is 29.1 Å². The van der Waals surface area contributed by atoms with E-state index in [1.165, 1.54) is 0 Å². The van der Waals surface area contributed by atoms with Gasteiger partial charge in [-0.25, -0.2) is 9.78 Å². The molecule has 0 bridgehead atoms. The number of hydrogen-bond donors (Lipinski definition) is 2. The second kappa shape index (κ2) is 5.95. The van der Waals surface area contributed by atoms with E-state index in [0.29, 0.717) is 23.8 Å². The summed E-state index contributed by atoms with van der Waals surface area (Å²) in [6.45, 7) is 8.50. The lowest BCUT2D eigenvalue weighted by molar-refractivity contribution is -0.403. The van der Waals surface area contributed by atoms with Gasteiger partial charge in [-0.15, -0.1) is 0 Å². The number of carbonyl (C=O) groups is 2. The third-order valence-electron chi connectivity index (χ3n) is 8.68. The van der Waals surface area contributed by atoms with Crippen LogP contribution >= 0.6 is 0 Å². The fourth-order valence-corrected chi connectivity index (χ4v) is 7.56. The highest BCUT2D eigenvalue weighted by atomic mass is 16.5. The van der Waals surface area contributed by atoms with Gasteiger partial charge in [-0.05, 0) is 43.4 Å². The van der Waals surface area contributed by atoms with Crippen LogP contribution in [0.5, 0.6) is 0 Å². The maximum atomic E-state index is 12.8. The van der Waals surface area contributed by atoms with Gasteiger partial charge in [0, 0.05) is 30.6 Å². The molecule has 5 rings (SSSR count). The zero-order chi connectivity index (χ0) is 21.6. The molecule has 0 amide bonds. The van der Waals surface area contributed by atoms with Crippen molar-refractivity contribution in [2.24, 2.45) is 52.5 Å². The molecule has 160 valence electrons. The summed E-state index contributed by atoms with van der Waals surface area (Å²) < 4.78 is 7.24. The molecule has 0 saturated heterocycles. The Morgan fingerprint density at radius 2 is 1.97 bits per heavy atom. The molecule has 30 heavy (non-hydrogen) atoms. The highest BCUT2D eigenvalue weighted by molar-refractivity contribution is 6.01. The molecule has 1 aromatic rings. The van der Waals surface area contributed by atoms with Crippen molar-refractivity contribution in [2.75, 3.05) is 13.2 Å². The Labute approximate surface area is 175 Å². The average molecular weight is 412 g/mol. The number of hydrogen-bond acceptors (Lipinski definition) is 6. The molecule has 1 aliphatic heterocycles. The number of ether oxygens (including phenoxy) is 1. The Balaban J connectivity index is 1.56. The molecule has 4 unspecified atom stereocenters. The van der Waals surface area contributed by atoms with Crippen LogP contribution in [-0.2, 0) is 21.4 Å². The van der Waals surface area contributed by atoms with E-state index in [-0.39, 0.29) is 47.5 Å². The third kappa shape index (κ3) is 1.88. The number of carboxylic acids is 1. The van der Waals surface area contributed by atoms with Crippen LogP contribution in [0, 0.1) is 40.4 Å². The largest absolute Gasteiger partial charge is 0.481 e. The predicted octanol–water partition coefficient (Wildman–Crippen LogP) is 1.83. The zero-order valence-corrected chi connectivity index (χ0v) is 18.0. The van der Waals surface area contributed by atoms with E-state index in [1.807, 2.05) is 24.7 Å². The smallest absolute Gasteiger partial charge is 0.337 e. The first kappa shape index (κ1) is 19.3. The van der Waals surface area contributed by atoms with Gasteiger partial charge in [-0.2, -0.15) is 0 Å². The third-order valence-corrected chi connectivity index (χ3v) is 8.68. The van der Waals surface area contributed by atoms with E-state index >= 15 is 0 Å². The Morgan fingerprint density at radius 1 is 1.30 bits per heavy atom. The topological polar surface area (TPSA) is 106 Å². The minimum absolute atomic E-state index is 0.129. The molecule has 2 heterocycles. The summed E-state index contributed by atoms with van der Waals surface area (Å²) in [6, 6.07) is 0. The number of aromatic nitrogens is 2. The van der Waals surface area contributed by atoms with Crippen molar-refractivity contribution in [2.45, 2.75) is 27.7 Å². The molecule has 8 heteroatoms. The number of nitrogens with zero attached hydrogens (tertiary/aromatic N) is 3. The van der Waals surface area contributed by atoms with Crippen LogP contribution in [0.3, 0.4) is 0 Å². The molecule has 2 N–H and O–H groups in total. The van der Waals surface area contributed by atoms with E-state index in [1.54, 1.807) is 13.1 Å². The molecule has 0 spiro atoms. The lowest BCUT2D eigenvalue weighted by Gasteiger charge is -2.88. The second-order valence-electron chi connectivity index (χ2n) is 9.40. The first-order chi connectivity index (χ1) is 14.2. The summed E-state index contributed by atoms with van der Waals surface area (Å²) in [5, 5.41) is 13.4. The monoisotopic (exact) mass is 412 g/mol. The number of aliphatic carboxylic acids is 1. The predicted molar refractivity (Wildman–Crippen MR) is 108 cm³/mol. The van der Waals surface area contributed by atoms with Crippen LogP contribution in [0.25, 0.3) is 0 Å². The molecule has 4 atom stereocenters. The van der Waals surface area contributed by atoms with Gasteiger partial charge in [0.2, 0.25) is 0 Å². The number of amidine groups is 1. The maximum Gasteiger partial charge on any atom is 0.337 e. The number of esters is 1. The number of carboxylic acid groups (broad SMARTS) is 1. The van der Waals surface area contributed by atoms with Crippen LogP contribution < -0.4 is 5.32 Å². The number of allylic oxidation sites excluding steroid dienone is 1. The molecule has 0 radical (unpaired) electrons. The van der Waals surface area contributed by atoms with Crippen LogP contribution in [0.2, 0.25) is 0 Å². The van der Waals surface area contributed by atoms with Gasteiger partial charge in [0.1, 0.15) is 0 Å². The summed E-state index contributed by atoms with van der Waals surface area (Å²) in [7, 11) is 1.91. The number of carbonyl (C=O) groups excluding carboxylic acids is 1. The zero-order valence-electron chi connectivity index (χ0n) is 18.0. The van der Waals surface area contributed by atoms with E-state index in [0.717, 1.165) is 5.70 Å². The van der Waals surface area contributed by atoms with Crippen molar-refractivity contribution in [3.05, 3.63) is 29.5 Å². The van der Waals surface area contributed by atoms with Crippen LogP contribution in [0.4, 0.5) is 0 Å². The first-order valence-corrected chi connectivity index (χ1v) is 10.7. The van der Waals surface area contributed by atoms with E-state index in [9.17, 15) is 14.7 Å². The number of nitrogens with one attached hydrogen (secondary N) is 1. The van der Waals surface area contributed by atoms with Crippen LogP contribution in [-0.4, -0.2) is 45.6 Å². The quantitative estimate of drug-likeness (QED) is 0.715. The fourth-order valence-electron chi connectivity index (χ4n) is 7.56. The maximum absolute atomic E-state index is 12.8. The summed E-state index contributed by atoms with van der Waals surface area (Å²) in [4.78, 5) is 33.9. The molecular formula is C22H28N4O4. The Hall–Kier alpha value is -2.64. The van der Waals surface area contributed by atoms with Gasteiger partial charge < -0.3 is 19.7 Å². The summed E-state index contributed by atoms with van der Waals surface area (Å²) in [6.07, 6.45) is 3.58. The summed E-state index contributed by atoms with van der Waals surface area (Å²) >= 11 is 0. The number of rotatable bonds is 5. The molecule has 4 aliphatic rings. The Kier molecular flexibility index (Phi) is 3.84. The van der Waals surface area contributed by atoms with E-state index in [4.69, 9.17) is 4.74 Å².